The van der Waals surface area contributed by atoms with Gasteiger partial charge in [0.25, 0.3) is 20.2 Å². The van der Waals surface area contributed by atoms with Crippen LogP contribution < -0.4 is 29.6 Å². The van der Waals surface area contributed by atoms with E-state index in [0.717, 1.165) is 6.42 Å². The molecule has 0 aliphatic carbocycles. The predicted octanol–water partition coefficient (Wildman–Crippen LogP) is 0.355. The molecule has 2 rings (SSSR count). The molecule has 2 N–H and O–H groups in total. The molecule has 0 aliphatic rings. The number of hydrogen-bond acceptors (Lipinski definition) is 4. The number of rotatable bonds is 6. The quantitative estimate of drug-likeness (QED) is 0.539. The molecule has 0 aromatic heterocycles. The average Bonchev–Trinajstić information content (AvgIpc) is 2.46. The second kappa shape index (κ2) is 8.47. The van der Waals surface area contributed by atoms with E-state index in [1.54, 1.807) is 18.2 Å². The van der Waals surface area contributed by atoms with Crippen LogP contribution in [0.3, 0.4) is 0 Å². The molecule has 0 spiro atoms. The molecule has 25 heavy (non-hydrogen) atoms. The maximum Gasteiger partial charge on any atom is 1.00 e. The van der Waals surface area contributed by atoms with Gasteiger partial charge < -0.3 is 1.43 Å². The third kappa shape index (κ3) is 4.63. The molecule has 0 radical (unpaired) electrons. The van der Waals surface area contributed by atoms with E-state index in [-0.39, 0.29) is 48.4 Å². The van der Waals surface area contributed by atoms with Crippen LogP contribution in [0.4, 0.5) is 0 Å². The Morgan fingerprint density at radius 1 is 0.800 bits per heavy atom. The van der Waals surface area contributed by atoms with Gasteiger partial charge in [-0.1, -0.05) is 51.0 Å². The second-order valence-electron chi connectivity index (χ2n) is 5.61. The minimum absolute atomic E-state index is 0. The van der Waals surface area contributed by atoms with Crippen LogP contribution in [0, 0.1) is 0 Å². The largest absolute Gasteiger partial charge is 1.00 e. The zero-order valence-electron chi connectivity index (χ0n) is 15.5. The first kappa shape index (κ1) is 22.6. The Morgan fingerprint density at radius 2 is 1.24 bits per heavy atom. The summed E-state index contributed by atoms with van der Waals surface area (Å²) in [5.74, 6) is 0. The van der Waals surface area contributed by atoms with Crippen LogP contribution in [0.25, 0.3) is 10.8 Å². The second-order valence-corrected chi connectivity index (χ2v) is 8.33. The molecule has 0 saturated carbocycles. The number of benzene rings is 2. The van der Waals surface area contributed by atoms with Crippen LogP contribution in [0.1, 0.15) is 39.2 Å². The van der Waals surface area contributed by atoms with Crippen molar-refractivity contribution in [1.29, 1.82) is 0 Å². The van der Waals surface area contributed by atoms with Gasteiger partial charge in [0.2, 0.25) is 0 Å². The standard InChI is InChI=1S/C16H20O6S2.Na.H/c1-3-7-11-12-9-5-6-10-14(12)16(24(20,21)22)15(23(17,18)19)13(11)8-4-2;;/h5-6,9-10H,3-4,7-8H2,1-2H3,(H,17,18,19)(H,20,21,22);;/q;+1;-1. The van der Waals surface area contributed by atoms with Crippen molar-refractivity contribution < 1.29 is 56.9 Å². The molecule has 2 aromatic carbocycles. The molecular weight excluding hydrogens is 375 g/mol. The van der Waals surface area contributed by atoms with Gasteiger partial charge in [-0.3, -0.25) is 9.11 Å². The summed E-state index contributed by atoms with van der Waals surface area (Å²) in [7, 11) is -9.70. The van der Waals surface area contributed by atoms with Crippen molar-refractivity contribution in [3.63, 3.8) is 0 Å². The van der Waals surface area contributed by atoms with Crippen LogP contribution in [0.15, 0.2) is 34.1 Å². The smallest absolute Gasteiger partial charge is 1.00 e. The average molecular weight is 396 g/mol. The first-order valence-electron chi connectivity index (χ1n) is 7.64. The summed E-state index contributed by atoms with van der Waals surface area (Å²) in [5.41, 5.74) is 0.947. The van der Waals surface area contributed by atoms with E-state index in [1.165, 1.54) is 6.07 Å². The number of aryl methyl sites for hydroxylation is 1. The molecule has 134 valence electrons. The van der Waals surface area contributed by atoms with Gasteiger partial charge in [0.1, 0.15) is 9.79 Å². The van der Waals surface area contributed by atoms with Crippen molar-refractivity contribution in [1.82, 2.24) is 0 Å². The van der Waals surface area contributed by atoms with Crippen molar-refractivity contribution in [3.05, 3.63) is 35.4 Å². The first-order valence-corrected chi connectivity index (χ1v) is 10.5. The van der Waals surface area contributed by atoms with Gasteiger partial charge in [-0.25, -0.2) is 0 Å². The van der Waals surface area contributed by atoms with E-state index in [4.69, 9.17) is 0 Å². The Balaban J connectivity index is 0.00000312. The minimum Gasteiger partial charge on any atom is -1.00 e. The fourth-order valence-electron chi connectivity index (χ4n) is 3.08. The fraction of sp³-hybridized carbons (Fsp3) is 0.375. The summed E-state index contributed by atoms with van der Waals surface area (Å²) in [6.07, 6.45) is 2.08. The topological polar surface area (TPSA) is 109 Å². The van der Waals surface area contributed by atoms with Crippen molar-refractivity contribution in [2.75, 3.05) is 0 Å². The van der Waals surface area contributed by atoms with Crippen LogP contribution in [-0.2, 0) is 33.1 Å². The van der Waals surface area contributed by atoms with E-state index in [1.807, 2.05) is 13.8 Å². The molecule has 0 bridgehead atoms. The normalized spacial score (nSPS) is 12.2. The van der Waals surface area contributed by atoms with Crippen molar-refractivity contribution in [3.8, 4) is 0 Å². The third-order valence-electron chi connectivity index (χ3n) is 3.86. The van der Waals surface area contributed by atoms with E-state index < -0.39 is 30.0 Å². The zero-order chi connectivity index (χ0) is 18.1. The van der Waals surface area contributed by atoms with Gasteiger partial charge in [0, 0.05) is 5.39 Å². The molecule has 6 nitrogen and oxygen atoms in total. The summed E-state index contributed by atoms with van der Waals surface area (Å²) in [5, 5.41) is 0.666. The fourth-order valence-corrected chi connectivity index (χ4v) is 5.41. The van der Waals surface area contributed by atoms with Gasteiger partial charge >= 0.3 is 29.6 Å². The third-order valence-corrected chi connectivity index (χ3v) is 5.89. The molecule has 0 saturated heterocycles. The summed E-state index contributed by atoms with van der Waals surface area (Å²) < 4.78 is 67.1. The van der Waals surface area contributed by atoms with E-state index in [0.29, 0.717) is 23.8 Å². The van der Waals surface area contributed by atoms with Gasteiger partial charge in [-0.15, -0.1) is 0 Å². The number of fused-ring (bicyclic) bond motifs is 1. The molecule has 0 amide bonds. The monoisotopic (exact) mass is 396 g/mol. The molecule has 0 aliphatic heterocycles. The summed E-state index contributed by atoms with van der Waals surface area (Å²) in [6, 6.07) is 6.40. The van der Waals surface area contributed by atoms with Crippen molar-refractivity contribution >= 4 is 31.0 Å². The van der Waals surface area contributed by atoms with Gasteiger partial charge in [-0.05, 0) is 29.4 Å². The SMILES string of the molecule is CCCc1c(S(=O)(=O)O)c(S(=O)(=O)O)c2ccccc2c1CCC.[H-].[Na+]. The van der Waals surface area contributed by atoms with Crippen molar-refractivity contribution in [2.24, 2.45) is 0 Å². The van der Waals surface area contributed by atoms with Crippen LogP contribution in [-0.4, -0.2) is 25.9 Å². The molecule has 2 aromatic rings. The zero-order valence-corrected chi connectivity index (χ0v) is 18.1. The van der Waals surface area contributed by atoms with Crippen molar-refractivity contribution in [2.45, 2.75) is 49.3 Å². The minimum atomic E-state index is -4.85. The molecular formula is C16H21NaO6S2. The van der Waals surface area contributed by atoms with Gasteiger partial charge in [-0.2, -0.15) is 16.8 Å². The Kier molecular flexibility index (Phi) is 7.65. The van der Waals surface area contributed by atoms with Crippen LogP contribution >= 0.6 is 0 Å². The molecule has 9 heteroatoms. The summed E-state index contributed by atoms with van der Waals surface area (Å²) in [4.78, 5) is -1.45. The van der Waals surface area contributed by atoms with E-state index in [9.17, 15) is 25.9 Å². The summed E-state index contributed by atoms with van der Waals surface area (Å²) >= 11 is 0. The Labute approximate surface area is 171 Å². The van der Waals surface area contributed by atoms with Crippen LogP contribution in [0.2, 0.25) is 0 Å². The molecule has 0 heterocycles. The summed E-state index contributed by atoms with van der Waals surface area (Å²) in [6.45, 7) is 3.75. The predicted molar refractivity (Wildman–Crippen MR) is 92.7 cm³/mol. The number of hydrogen-bond donors (Lipinski definition) is 2. The van der Waals surface area contributed by atoms with Gasteiger partial charge in [0.15, 0.2) is 0 Å². The van der Waals surface area contributed by atoms with E-state index in [2.05, 4.69) is 0 Å². The molecule has 0 unspecified atom stereocenters. The molecule has 0 atom stereocenters. The van der Waals surface area contributed by atoms with E-state index >= 15 is 0 Å². The maximum absolute atomic E-state index is 12.0. The maximum atomic E-state index is 12.0. The van der Waals surface area contributed by atoms with Gasteiger partial charge in [0.05, 0.1) is 0 Å². The first-order chi connectivity index (χ1) is 11.1. The molecule has 0 fully saturated rings. The Hall–Kier alpha value is -0.480. The Bertz CT molecular complexity index is 987. The van der Waals surface area contributed by atoms with Crippen LogP contribution in [0.5, 0.6) is 0 Å². The Morgan fingerprint density at radius 3 is 1.68 bits per heavy atom.